The van der Waals surface area contributed by atoms with Crippen molar-refractivity contribution in [3.8, 4) is 0 Å². The topological polar surface area (TPSA) is 84.2 Å². The first kappa shape index (κ1) is 15.8. The molecule has 0 saturated heterocycles. The fourth-order valence-electron chi connectivity index (χ4n) is 4.22. The molecule has 2 atom stereocenters. The summed E-state index contributed by atoms with van der Waals surface area (Å²) < 4.78 is 0. The van der Waals surface area contributed by atoms with Crippen molar-refractivity contribution in [2.24, 2.45) is 23.0 Å². The molecule has 5 nitrogen and oxygen atoms in total. The lowest BCUT2D eigenvalue weighted by atomic mass is 9.91. The third-order valence-electron chi connectivity index (χ3n) is 6.41. The van der Waals surface area contributed by atoms with Gasteiger partial charge in [-0.1, -0.05) is 0 Å². The van der Waals surface area contributed by atoms with Crippen LogP contribution in [0.25, 0.3) is 0 Å². The Morgan fingerprint density at radius 3 is 2.76 bits per heavy atom. The van der Waals surface area contributed by atoms with Crippen LogP contribution in [0.1, 0.15) is 60.8 Å². The molecule has 1 unspecified atom stereocenters. The Bertz CT molecular complexity index is 754. The maximum absolute atomic E-state index is 12.8. The zero-order valence-corrected chi connectivity index (χ0v) is 15.2. The standard InChI is InChI=1S/C19H25N3O2S.H2/c20-11-3-4-14-12(7-11)15(17(24)21-9-10-1-2-10)18(25-14)22-16(23)13-8-19(13)5-6-19;/h10-11,13H,1-9,20H2,(H,21,24)(H,22,23);1H/t11-,13?;/m0./s1. The molecule has 3 saturated carbocycles. The lowest BCUT2D eigenvalue weighted by Crippen LogP contribution is -2.31. The molecule has 0 radical (unpaired) electrons. The number of amides is 2. The van der Waals surface area contributed by atoms with Gasteiger partial charge in [0.2, 0.25) is 5.91 Å². The summed E-state index contributed by atoms with van der Waals surface area (Å²) in [5, 5.41) is 6.93. The van der Waals surface area contributed by atoms with Gasteiger partial charge in [-0.2, -0.15) is 0 Å². The molecule has 0 aromatic carbocycles. The van der Waals surface area contributed by atoms with Gasteiger partial charge in [0.25, 0.3) is 5.91 Å². The SMILES string of the molecule is N[C@H]1CCc2sc(NC(=O)C3CC34CC4)c(C(=O)NCC3CC3)c2C1.[HH]. The van der Waals surface area contributed by atoms with Crippen LogP contribution in [0.2, 0.25) is 0 Å². The number of carbonyl (C=O) groups is 2. The number of hydrogen-bond donors (Lipinski definition) is 3. The van der Waals surface area contributed by atoms with Gasteiger partial charge in [0, 0.05) is 24.8 Å². The third kappa shape index (κ3) is 2.89. The van der Waals surface area contributed by atoms with Gasteiger partial charge < -0.3 is 16.4 Å². The summed E-state index contributed by atoms with van der Waals surface area (Å²) in [7, 11) is 0. The van der Waals surface area contributed by atoms with E-state index in [1.165, 1.54) is 30.6 Å². The maximum Gasteiger partial charge on any atom is 0.254 e. The van der Waals surface area contributed by atoms with Crippen LogP contribution in [0, 0.1) is 17.3 Å². The van der Waals surface area contributed by atoms with Gasteiger partial charge in [-0.15, -0.1) is 11.3 Å². The predicted octanol–water partition coefficient (Wildman–Crippen LogP) is 2.69. The molecule has 2 amide bonds. The number of nitrogens with two attached hydrogens (primary N) is 1. The predicted molar refractivity (Wildman–Crippen MR) is 99.9 cm³/mol. The van der Waals surface area contributed by atoms with E-state index in [9.17, 15) is 9.59 Å². The van der Waals surface area contributed by atoms with E-state index in [-0.39, 0.29) is 25.2 Å². The number of rotatable bonds is 5. The number of thiophene rings is 1. The molecule has 1 aromatic heterocycles. The smallest absolute Gasteiger partial charge is 0.254 e. The summed E-state index contributed by atoms with van der Waals surface area (Å²) in [6.07, 6.45) is 8.42. The molecule has 4 aliphatic carbocycles. The number of aryl methyl sites for hydroxylation is 1. The number of nitrogens with one attached hydrogen (secondary N) is 2. The molecule has 6 heteroatoms. The van der Waals surface area contributed by atoms with Crippen LogP contribution in [0.5, 0.6) is 0 Å². The highest BCUT2D eigenvalue weighted by molar-refractivity contribution is 7.17. The quantitative estimate of drug-likeness (QED) is 0.754. The second-order valence-electron chi connectivity index (χ2n) is 8.47. The van der Waals surface area contributed by atoms with Crippen LogP contribution >= 0.6 is 11.3 Å². The van der Waals surface area contributed by atoms with Gasteiger partial charge in [-0.3, -0.25) is 9.59 Å². The van der Waals surface area contributed by atoms with Crippen LogP contribution in [0.3, 0.4) is 0 Å². The molecular formula is C19H27N3O2S. The van der Waals surface area contributed by atoms with Gasteiger partial charge in [-0.25, -0.2) is 0 Å². The number of fused-ring (bicyclic) bond motifs is 1. The van der Waals surface area contributed by atoms with E-state index in [0.717, 1.165) is 42.8 Å². The molecule has 136 valence electrons. The first-order valence-electron chi connectivity index (χ1n) is 9.55. The molecule has 4 aliphatic rings. The average molecular weight is 362 g/mol. The second-order valence-corrected chi connectivity index (χ2v) is 9.58. The van der Waals surface area contributed by atoms with E-state index in [1.54, 1.807) is 11.3 Å². The zero-order valence-electron chi connectivity index (χ0n) is 14.4. The largest absolute Gasteiger partial charge is 0.352 e. The normalized spacial score (nSPS) is 28.4. The van der Waals surface area contributed by atoms with E-state index in [4.69, 9.17) is 5.73 Å². The van der Waals surface area contributed by atoms with Crippen molar-refractivity contribution in [2.45, 2.75) is 57.4 Å². The zero-order chi connectivity index (χ0) is 17.2. The summed E-state index contributed by atoms with van der Waals surface area (Å²) in [5.74, 6) is 0.874. The van der Waals surface area contributed by atoms with Crippen molar-refractivity contribution in [1.82, 2.24) is 5.32 Å². The van der Waals surface area contributed by atoms with E-state index in [1.807, 2.05) is 0 Å². The first-order valence-corrected chi connectivity index (χ1v) is 10.4. The van der Waals surface area contributed by atoms with Crippen LogP contribution in [-0.2, 0) is 17.6 Å². The number of hydrogen-bond acceptors (Lipinski definition) is 4. The van der Waals surface area contributed by atoms with Crippen LogP contribution in [0.15, 0.2) is 0 Å². The lowest BCUT2D eigenvalue weighted by molar-refractivity contribution is -0.117. The van der Waals surface area contributed by atoms with Gasteiger partial charge >= 0.3 is 0 Å². The summed E-state index contributed by atoms with van der Waals surface area (Å²) >= 11 is 1.59. The number of carbonyl (C=O) groups excluding carboxylic acids is 2. The van der Waals surface area contributed by atoms with E-state index >= 15 is 0 Å². The highest BCUT2D eigenvalue weighted by Gasteiger charge is 2.65. The Balaban J connectivity index is 0.00000168. The molecule has 5 rings (SSSR count). The van der Waals surface area contributed by atoms with Crippen molar-refractivity contribution in [3.05, 3.63) is 16.0 Å². The van der Waals surface area contributed by atoms with Gasteiger partial charge in [0.15, 0.2) is 0 Å². The Labute approximate surface area is 153 Å². The maximum atomic E-state index is 12.8. The molecule has 25 heavy (non-hydrogen) atoms. The molecule has 4 N–H and O–H groups in total. The van der Waals surface area contributed by atoms with Crippen molar-refractivity contribution in [3.63, 3.8) is 0 Å². The van der Waals surface area contributed by atoms with Gasteiger partial charge in [0.1, 0.15) is 5.00 Å². The first-order chi connectivity index (χ1) is 12.1. The molecule has 1 aromatic rings. The highest BCUT2D eigenvalue weighted by Crippen LogP contribution is 2.70. The summed E-state index contributed by atoms with van der Waals surface area (Å²) in [4.78, 5) is 26.7. The lowest BCUT2D eigenvalue weighted by Gasteiger charge is -2.19. The molecular weight excluding hydrogens is 334 g/mol. The fraction of sp³-hybridized carbons (Fsp3) is 0.684. The second kappa shape index (κ2) is 5.55. The van der Waals surface area contributed by atoms with Crippen molar-refractivity contribution in [2.75, 3.05) is 11.9 Å². The van der Waals surface area contributed by atoms with Crippen LogP contribution in [0.4, 0.5) is 5.00 Å². The Morgan fingerprint density at radius 2 is 2.08 bits per heavy atom. The van der Waals surface area contributed by atoms with Crippen LogP contribution < -0.4 is 16.4 Å². The summed E-state index contributed by atoms with van der Waals surface area (Å²) in [6.45, 7) is 0.745. The average Bonchev–Trinajstić information content (AvgIpc) is 3.47. The van der Waals surface area contributed by atoms with Gasteiger partial charge in [0.05, 0.1) is 5.56 Å². The Kier molecular flexibility index (Phi) is 3.51. The fourth-order valence-corrected chi connectivity index (χ4v) is 5.46. The Hall–Kier alpha value is -1.40. The third-order valence-corrected chi connectivity index (χ3v) is 7.62. The molecule has 0 bridgehead atoms. The van der Waals surface area contributed by atoms with E-state index < -0.39 is 0 Å². The van der Waals surface area contributed by atoms with Crippen molar-refractivity contribution < 1.29 is 11.0 Å². The highest BCUT2D eigenvalue weighted by atomic mass is 32.1. The molecule has 3 fully saturated rings. The number of anilines is 1. The van der Waals surface area contributed by atoms with E-state index in [0.29, 0.717) is 16.9 Å². The molecule has 0 aliphatic heterocycles. The van der Waals surface area contributed by atoms with E-state index in [2.05, 4.69) is 10.6 Å². The van der Waals surface area contributed by atoms with Crippen molar-refractivity contribution >= 4 is 28.2 Å². The van der Waals surface area contributed by atoms with Gasteiger partial charge in [-0.05, 0) is 68.3 Å². The monoisotopic (exact) mass is 361 g/mol. The minimum atomic E-state index is -0.0364. The molecule has 1 spiro atoms. The minimum absolute atomic E-state index is 0. The minimum Gasteiger partial charge on any atom is -0.352 e. The van der Waals surface area contributed by atoms with Crippen molar-refractivity contribution in [1.29, 1.82) is 0 Å². The Morgan fingerprint density at radius 1 is 1.28 bits per heavy atom. The summed E-state index contributed by atoms with van der Waals surface area (Å²) in [6, 6.07) is 0.110. The molecule has 1 heterocycles. The van der Waals surface area contributed by atoms with Crippen LogP contribution in [-0.4, -0.2) is 24.4 Å². The summed E-state index contributed by atoms with van der Waals surface area (Å²) in [5.41, 5.74) is 8.24.